The third kappa shape index (κ3) is 2.55. The number of aromatic nitrogens is 3. The van der Waals surface area contributed by atoms with Crippen LogP contribution in [0.25, 0.3) is 23.0 Å². The highest BCUT2D eigenvalue weighted by atomic mass is 16.5. The second kappa shape index (κ2) is 5.57. The van der Waals surface area contributed by atoms with Crippen LogP contribution in [0.1, 0.15) is 11.5 Å². The summed E-state index contributed by atoms with van der Waals surface area (Å²) in [7, 11) is 1.63. The van der Waals surface area contributed by atoms with Crippen molar-refractivity contribution in [2.45, 2.75) is 0 Å². The summed E-state index contributed by atoms with van der Waals surface area (Å²) < 4.78 is 16.4. The predicted molar refractivity (Wildman–Crippen MR) is 83.9 cm³/mol. The van der Waals surface area contributed by atoms with Crippen LogP contribution in [0.3, 0.4) is 0 Å². The van der Waals surface area contributed by atoms with Gasteiger partial charge in [-0.05, 0) is 36.4 Å². The fourth-order valence-electron chi connectivity index (χ4n) is 2.38. The van der Waals surface area contributed by atoms with Gasteiger partial charge in [0, 0.05) is 23.5 Å². The summed E-state index contributed by atoms with van der Waals surface area (Å²) in [6, 6.07) is 9.33. The smallest absolute Gasteiger partial charge is 0.257 e. The Morgan fingerprint density at radius 2 is 2.00 bits per heavy atom. The summed E-state index contributed by atoms with van der Waals surface area (Å²) in [5.74, 6) is 2.56. The van der Waals surface area contributed by atoms with E-state index in [1.807, 2.05) is 36.4 Å². The van der Waals surface area contributed by atoms with Gasteiger partial charge in [0.25, 0.3) is 5.89 Å². The maximum atomic E-state index is 5.74. The molecule has 6 heteroatoms. The van der Waals surface area contributed by atoms with Gasteiger partial charge in [0.2, 0.25) is 5.82 Å². The number of nitrogens with zero attached hydrogens (tertiary/aromatic N) is 3. The number of ether oxygens (including phenoxy) is 2. The van der Waals surface area contributed by atoms with E-state index in [0.29, 0.717) is 18.3 Å². The Labute approximate surface area is 132 Å². The number of hydrogen-bond donors (Lipinski definition) is 0. The fourth-order valence-corrected chi connectivity index (χ4v) is 2.38. The molecule has 0 N–H and O–H groups in total. The predicted octanol–water partition coefficient (Wildman–Crippen LogP) is 3.07. The van der Waals surface area contributed by atoms with Gasteiger partial charge in [-0.15, -0.1) is 0 Å². The fraction of sp³-hybridized carbons (Fsp3) is 0.118. The highest BCUT2D eigenvalue weighted by Crippen LogP contribution is 2.33. The highest BCUT2D eigenvalue weighted by molar-refractivity contribution is 5.83. The molecule has 4 rings (SSSR count). The van der Waals surface area contributed by atoms with Crippen molar-refractivity contribution in [3.63, 3.8) is 0 Å². The molecule has 2 aromatic heterocycles. The molecule has 3 heterocycles. The molecule has 0 unspecified atom stereocenters. The molecule has 23 heavy (non-hydrogen) atoms. The first-order valence-electron chi connectivity index (χ1n) is 7.09. The summed E-state index contributed by atoms with van der Waals surface area (Å²) in [6.07, 6.45) is 5.36. The third-order valence-corrected chi connectivity index (χ3v) is 3.57. The first-order valence-corrected chi connectivity index (χ1v) is 7.09. The van der Waals surface area contributed by atoms with E-state index in [9.17, 15) is 0 Å². The molecule has 0 fully saturated rings. The molecule has 0 atom stereocenters. The van der Waals surface area contributed by atoms with E-state index in [1.165, 1.54) is 0 Å². The van der Waals surface area contributed by atoms with Gasteiger partial charge in [-0.3, -0.25) is 4.98 Å². The van der Waals surface area contributed by atoms with Crippen LogP contribution in [0.2, 0.25) is 0 Å². The Balaban J connectivity index is 1.69. The van der Waals surface area contributed by atoms with Gasteiger partial charge in [-0.25, -0.2) is 0 Å². The molecule has 0 saturated carbocycles. The molecule has 6 nitrogen and oxygen atoms in total. The molecular formula is C17H13N3O3. The zero-order valence-electron chi connectivity index (χ0n) is 12.4. The first-order chi connectivity index (χ1) is 11.3. The lowest BCUT2D eigenvalue weighted by molar-refractivity contribution is 0.350. The highest BCUT2D eigenvalue weighted by Gasteiger charge is 2.19. The van der Waals surface area contributed by atoms with Crippen molar-refractivity contribution < 1.29 is 14.0 Å². The second-order valence-corrected chi connectivity index (χ2v) is 5.02. The van der Waals surface area contributed by atoms with Gasteiger partial charge in [-0.2, -0.15) is 4.98 Å². The Morgan fingerprint density at radius 3 is 2.83 bits per heavy atom. The van der Waals surface area contributed by atoms with Crippen LogP contribution in [0, 0.1) is 0 Å². The van der Waals surface area contributed by atoms with E-state index in [-0.39, 0.29) is 0 Å². The quantitative estimate of drug-likeness (QED) is 0.740. The zero-order valence-corrected chi connectivity index (χ0v) is 12.4. The summed E-state index contributed by atoms with van der Waals surface area (Å²) in [6.45, 7) is 0.386. The van der Waals surface area contributed by atoms with E-state index in [2.05, 4.69) is 15.1 Å². The van der Waals surface area contributed by atoms with Gasteiger partial charge in [-0.1, -0.05) is 5.16 Å². The number of fused-ring (bicyclic) bond motifs is 1. The van der Waals surface area contributed by atoms with Crippen molar-refractivity contribution >= 4 is 11.6 Å². The molecule has 0 aliphatic carbocycles. The molecule has 0 bridgehead atoms. The number of hydrogen-bond acceptors (Lipinski definition) is 6. The topological polar surface area (TPSA) is 70.3 Å². The average Bonchev–Trinajstić information content (AvgIpc) is 3.11. The van der Waals surface area contributed by atoms with Crippen LogP contribution in [-0.2, 0) is 0 Å². The summed E-state index contributed by atoms with van der Waals surface area (Å²) >= 11 is 0. The van der Waals surface area contributed by atoms with Crippen molar-refractivity contribution in [3.05, 3.63) is 54.2 Å². The minimum absolute atomic E-state index is 0.386. The van der Waals surface area contributed by atoms with Crippen molar-refractivity contribution in [3.8, 4) is 22.9 Å². The summed E-state index contributed by atoms with van der Waals surface area (Å²) in [5, 5.41) is 4.02. The van der Waals surface area contributed by atoms with Gasteiger partial charge in [0.05, 0.1) is 12.7 Å². The van der Waals surface area contributed by atoms with Gasteiger partial charge in [0.1, 0.15) is 18.1 Å². The lowest BCUT2D eigenvalue weighted by Gasteiger charge is -2.16. The van der Waals surface area contributed by atoms with Crippen LogP contribution in [0.15, 0.2) is 47.2 Å². The number of benzene rings is 1. The van der Waals surface area contributed by atoms with E-state index in [4.69, 9.17) is 14.0 Å². The molecule has 0 amide bonds. The molecule has 0 radical (unpaired) electrons. The monoisotopic (exact) mass is 307 g/mol. The van der Waals surface area contributed by atoms with E-state index in [1.54, 1.807) is 19.5 Å². The molecule has 114 valence electrons. The van der Waals surface area contributed by atoms with E-state index >= 15 is 0 Å². The van der Waals surface area contributed by atoms with Crippen molar-refractivity contribution in [2.75, 3.05) is 13.7 Å². The Hall–Kier alpha value is -3.15. The van der Waals surface area contributed by atoms with Crippen molar-refractivity contribution in [1.82, 2.24) is 15.1 Å². The molecule has 1 aliphatic heterocycles. The maximum Gasteiger partial charge on any atom is 0.257 e. The number of rotatable bonds is 3. The van der Waals surface area contributed by atoms with Crippen LogP contribution >= 0.6 is 0 Å². The number of methoxy groups -OCH3 is 1. The Kier molecular flexibility index (Phi) is 3.27. The molecular weight excluding hydrogens is 294 g/mol. The van der Waals surface area contributed by atoms with E-state index in [0.717, 1.165) is 28.2 Å². The van der Waals surface area contributed by atoms with Crippen molar-refractivity contribution in [1.29, 1.82) is 0 Å². The standard InChI is InChI=1S/C17H13N3O3/c1-21-14-2-3-15-12(9-14)8-13(10-22-15)17-19-16(20-23-17)11-4-6-18-7-5-11/h2-9H,10H2,1H3. The SMILES string of the molecule is COc1ccc2c(c1)C=C(c1nc(-c3ccncc3)no1)CO2. The Morgan fingerprint density at radius 1 is 1.13 bits per heavy atom. The average molecular weight is 307 g/mol. The zero-order chi connectivity index (χ0) is 15.6. The second-order valence-electron chi connectivity index (χ2n) is 5.02. The normalized spacial score (nSPS) is 13.0. The molecule has 3 aromatic rings. The lowest BCUT2D eigenvalue weighted by Crippen LogP contribution is -2.07. The maximum absolute atomic E-state index is 5.74. The van der Waals surface area contributed by atoms with Crippen LogP contribution < -0.4 is 9.47 Å². The van der Waals surface area contributed by atoms with Crippen LogP contribution in [0.4, 0.5) is 0 Å². The first kappa shape index (κ1) is 13.5. The molecule has 0 saturated heterocycles. The molecule has 1 aliphatic rings. The summed E-state index contributed by atoms with van der Waals surface area (Å²) in [4.78, 5) is 8.41. The minimum atomic E-state index is 0.386. The minimum Gasteiger partial charge on any atom is -0.497 e. The lowest BCUT2D eigenvalue weighted by atomic mass is 10.1. The third-order valence-electron chi connectivity index (χ3n) is 3.57. The molecule has 0 spiro atoms. The van der Waals surface area contributed by atoms with Crippen molar-refractivity contribution in [2.24, 2.45) is 0 Å². The number of pyridine rings is 1. The Bertz CT molecular complexity index is 872. The van der Waals surface area contributed by atoms with Crippen LogP contribution in [-0.4, -0.2) is 28.8 Å². The largest absolute Gasteiger partial charge is 0.497 e. The van der Waals surface area contributed by atoms with Gasteiger partial charge >= 0.3 is 0 Å². The molecule has 1 aromatic carbocycles. The van der Waals surface area contributed by atoms with Gasteiger partial charge in [0.15, 0.2) is 0 Å². The van der Waals surface area contributed by atoms with E-state index < -0.39 is 0 Å². The van der Waals surface area contributed by atoms with Crippen LogP contribution in [0.5, 0.6) is 11.5 Å². The summed E-state index contributed by atoms with van der Waals surface area (Å²) in [5.41, 5.74) is 2.61. The van der Waals surface area contributed by atoms with Gasteiger partial charge < -0.3 is 14.0 Å².